The first kappa shape index (κ1) is 19.8. The Bertz CT molecular complexity index is 534. The molecule has 0 heterocycles. The lowest BCUT2D eigenvalue weighted by molar-refractivity contribution is 0.246. The quantitative estimate of drug-likeness (QED) is 0.475. The fourth-order valence-corrected chi connectivity index (χ4v) is 5.24. The Morgan fingerprint density at radius 1 is 0.885 bits per heavy atom. The van der Waals surface area contributed by atoms with Crippen LogP contribution in [-0.4, -0.2) is 6.61 Å². The van der Waals surface area contributed by atoms with Gasteiger partial charge in [-0.05, 0) is 99.7 Å². The average Bonchev–Trinajstić information content (AvgIpc) is 2.69. The van der Waals surface area contributed by atoms with Crippen molar-refractivity contribution in [2.45, 2.75) is 77.0 Å². The number of hydrogen-bond donors (Lipinski definition) is 0. The summed E-state index contributed by atoms with van der Waals surface area (Å²) in [4.78, 5) is 0. The van der Waals surface area contributed by atoms with Crippen molar-refractivity contribution >= 4 is 11.6 Å². The Morgan fingerprint density at radius 2 is 1.46 bits per heavy atom. The van der Waals surface area contributed by atoms with Gasteiger partial charge in [-0.2, -0.15) is 0 Å². The Balaban J connectivity index is 1.36. The standard InChI is InChI=1S/C24H35ClO/c1-2-26-24-15-13-23(14-16-24)22-11-9-20(10-12-22)4-3-19-5-7-21(8-6-19)17-18-25/h13-22H,2-12H2,1H3/b18-17+. The van der Waals surface area contributed by atoms with Crippen molar-refractivity contribution in [1.82, 2.24) is 0 Å². The molecule has 2 heteroatoms. The highest BCUT2D eigenvalue weighted by molar-refractivity contribution is 6.25. The lowest BCUT2D eigenvalue weighted by Crippen LogP contribution is -2.17. The molecule has 0 spiro atoms. The van der Waals surface area contributed by atoms with Gasteiger partial charge in [0, 0.05) is 5.54 Å². The Kier molecular flexibility index (Phi) is 7.92. The van der Waals surface area contributed by atoms with E-state index in [0.29, 0.717) is 0 Å². The molecule has 26 heavy (non-hydrogen) atoms. The maximum absolute atomic E-state index is 5.72. The van der Waals surface area contributed by atoms with Crippen molar-refractivity contribution in [2.75, 3.05) is 6.61 Å². The van der Waals surface area contributed by atoms with Gasteiger partial charge in [-0.1, -0.05) is 42.7 Å². The van der Waals surface area contributed by atoms with E-state index in [1.54, 1.807) is 5.54 Å². The number of hydrogen-bond acceptors (Lipinski definition) is 1. The summed E-state index contributed by atoms with van der Waals surface area (Å²) in [5, 5.41) is 0. The SMILES string of the molecule is CCOc1ccc(C2CCC(CCC3CCC(/C=C/Cl)CC3)CC2)cc1. The molecule has 3 rings (SSSR count). The average molecular weight is 375 g/mol. The first-order valence-corrected chi connectivity index (χ1v) is 11.2. The number of ether oxygens (including phenoxy) is 1. The highest BCUT2D eigenvalue weighted by Crippen LogP contribution is 2.40. The van der Waals surface area contributed by atoms with Crippen LogP contribution in [0.2, 0.25) is 0 Å². The van der Waals surface area contributed by atoms with Crippen molar-refractivity contribution in [3.63, 3.8) is 0 Å². The summed E-state index contributed by atoms with van der Waals surface area (Å²) < 4.78 is 5.56. The molecular weight excluding hydrogens is 340 g/mol. The van der Waals surface area contributed by atoms with Crippen LogP contribution < -0.4 is 4.74 Å². The molecule has 2 saturated carbocycles. The number of halogens is 1. The minimum absolute atomic E-state index is 0.744. The molecule has 0 aromatic heterocycles. The Morgan fingerprint density at radius 3 is 2.00 bits per heavy atom. The third-order valence-corrected chi connectivity index (χ3v) is 6.87. The van der Waals surface area contributed by atoms with Gasteiger partial charge in [-0.25, -0.2) is 0 Å². The van der Waals surface area contributed by atoms with Crippen molar-refractivity contribution in [1.29, 1.82) is 0 Å². The monoisotopic (exact) mass is 374 g/mol. The van der Waals surface area contributed by atoms with Crippen molar-refractivity contribution < 1.29 is 4.74 Å². The molecular formula is C24H35ClO. The van der Waals surface area contributed by atoms with Gasteiger partial charge >= 0.3 is 0 Å². The molecule has 2 aliphatic carbocycles. The second-order valence-electron chi connectivity index (χ2n) is 8.40. The van der Waals surface area contributed by atoms with E-state index in [9.17, 15) is 0 Å². The molecule has 0 bridgehead atoms. The molecule has 2 fully saturated rings. The molecule has 1 aromatic carbocycles. The lowest BCUT2D eigenvalue weighted by Gasteiger charge is -2.31. The Hall–Kier alpha value is -0.950. The van der Waals surface area contributed by atoms with Crippen molar-refractivity contribution in [2.24, 2.45) is 17.8 Å². The maximum Gasteiger partial charge on any atom is 0.119 e. The van der Waals surface area contributed by atoms with Crippen LogP contribution in [0.15, 0.2) is 35.9 Å². The molecule has 0 radical (unpaired) electrons. The molecule has 2 aliphatic rings. The number of allylic oxidation sites excluding steroid dienone is 1. The third-order valence-electron chi connectivity index (χ3n) is 6.73. The first-order valence-electron chi connectivity index (χ1n) is 10.8. The zero-order valence-corrected chi connectivity index (χ0v) is 17.1. The highest BCUT2D eigenvalue weighted by atomic mass is 35.5. The molecule has 0 aliphatic heterocycles. The van der Waals surface area contributed by atoms with E-state index in [1.165, 1.54) is 69.8 Å². The molecule has 0 unspecified atom stereocenters. The fourth-order valence-electron chi connectivity index (χ4n) is 5.03. The third kappa shape index (κ3) is 5.78. The minimum atomic E-state index is 0.744. The van der Waals surface area contributed by atoms with Gasteiger partial charge in [0.2, 0.25) is 0 Å². The number of benzene rings is 1. The van der Waals surface area contributed by atoms with Crippen molar-refractivity contribution in [3.05, 3.63) is 41.4 Å². The largest absolute Gasteiger partial charge is 0.494 e. The van der Waals surface area contributed by atoms with E-state index in [-0.39, 0.29) is 0 Å². The van der Waals surface area contributed by atoms with Crippen LogP contribution in [0.5, 0.6) is 5.75 Å². The van der Waals surface area contributed by atoms with Crippen LogP contribution in [0.4, 0.5) is 0 Å². The number of rotatable bonds is 7. The van der Waals surface area contributed by atoms with Crippen LogP contribution in [-0.2, 0) is 0 Å². The maximum atomic E-state index is 5.72. The second-order valence-corrected chi connectivity index (χ2v) is 8.65. The topological polar surface area (TPSA) is 9.23 Å². The van der Waals surface area contributed by atoms with Crippen LogP contribution in [0.1, 0.15) is 82.6 Å². The summed E-state index contributed by atoms with van der Waals surface area (Å²) in [7, 11) is 0. The first-order chi connectivity index (χ1) is 12.8. The molecule has 0 saturated heterocycles. The zero-order valence-electron chi connectivity index (χ0n) is 16.3. The molecule has 144 valence electrons. The van der Waals surface area contributed by atoms with Crippen LogP contribution >= 0.6 is 11.6 Å². The summed E-state index contributed by atoms with van der Waals surface area (Å²) in [6.07, 6.45) is 16.2. The molecule has 0 atom stereocenters. The van der Waals surface area contributed by atoms with Crippen molar-refractivity contribution in [3.8, 4) is 5.75 Å². The normalized spacial score (nSPS) is 29.8. The van der Waals surface area contributed by atoms with E-state index in [0.717, 1.165) is 36.0 Å². The van der Waals surface area contributed by atoms with Gasteiger partial charge in [0.25, 0.3) is 0 Å². The molecule has 0 N–H and O–H groups in total. The Labute approximate surface area is 165 Å². The van der Waals surface area contributed by atoms with Crippen LogP contribution in [0.25, 0.3) is 0 Å². The predicted octanol–water partition coefficient (Wildman–Crippen LogP) is 7.70. The molecule has 0 amide bonds. The second kappa shape index (κ2) is 10.4. The summed E-state index contributed by atoms with van der Waals surface area (Å²) in [5.74, 6) is 4.45. The van der Waals surface area contributed by atoms with Gasteiger partial charge in [-0.15, -0.1) is 0 Å². The van der Waals surface area contributed by atoms with Gasteiger partial charge in [-0.3, -0.25) is 0 Å². The van der Waals surface area contributed by atoms with Gasteiger partial charge in [0.15, 0.2) is 0 Å². The summed E-state index contributed by atoms with van der Waals surface area (Å²) in [6.45, 7) is 2.79. The minimum Gasteiger partial charge on any atom is -0.494 e. The zero-order chi connectivity index (χ0) is 18.2. The smallest absolute Gasteiger partial charge is 0.119 e. The van der Waals surface area contributed by atoms with Gasteiger partial charge in [0.1, 0.15) is 5.75 Å². The highest BCUT2D eigenvalue weighted by Gasteiger charge is 2.24. The van der Waals surface area contributed by atoms with E-state index >= 15 is 0 Å². The fraction of sp³-hybridized carbons (Fsp3) is 0.667. The lowest BCUT2D eigenvalue weighted by atomic mass is 9.74. The predicted molar refractivity (Wildman–Crippen MR) is 112 cm³/mol. The van der Waals surface area contributed by atoms with Crippen LogP contribution in [0.3, 0.4) is 0 Å². The van der Waals surface area contributed by atoms with E-state index in [4.69, 9.17) is 16.3 Å². The molecule has 1 aromatic rings. The van der Waals surface area contributed by atoms with Gasteiger partial charge < -0.3 is 4.74 Å². The molecule has 1 nitrogen and oxygen atoms in total. The van der Waals surface area contributed by atoms with Gasteiger partial charge in [0.05, 0.1) is 6.61 Å². The van der Waals surface area contributed by atoms with E-state index in [2.05, 4.69) is 30.3 Å². The van der Waals surface area contributed by atoms with E-state index < -0.39 is 0 Å². The van der Waals surface area contributed by atoms with Crippen LogP contribution in [0, 0.1) is 17.8 Å². The summed E-state index contributed by atoms with van der Waals surface area (Å²) in [6, 6.07) is 8.84. The van der Waals surface area contributed by atoms with E-state index in [1.807, 2.05) is 6.92 Å². The summed E-state index contributed by atoms with van der Waals surface area (Å²) in [5.41, 5.74) is 3.23. The summed E-state index contributed by atoms with van der Waals surface area (Å²) >= 11 is 5.72.